The van der Waals surface area contributed by atoms with Crippen molar-refractivity contribution in [2.24, 2.45) is 0 Å². The summed E-state index contributed by atoms with van der Waals surface area (Å²) in [7, 11) is 3.77. The van der Waals surface area contributed by atoms with E-state index in [1.807, 2.05) is 122 Å². The fourth-order valence-corrected chi connectivity index (χ4v) is 18.9. The highest BCUT2D eigenvalue weighted by atomic mass is 35.5. The molecule has 758 valence electrons. The number of carboxylic acids is 1. The maximum atomic E-state index is 12.3. The Bertz CT molecular complexity index is 7710. The second kappa shape index (κ2) is 56.3. The van der Waals surface area contributed by atoms with Crippen LogP contribution in [0.1, 0.15) is 127 Å². The summed E-state index contributed by atoms with van der Waals surface area (Å²) in [6.07, 6.45) is 0. The summed E-state index contributed by atoms with van der Waals surface area (Å²) in [4.78, 5) is 25.9. The lowest BCUT2D eigenvalue weighted by molar-refractivity contribution is -0.255. The third-order valence-electron chi connectivity index (χ3n) is 26.4. The Hall–Kier alpha value is -16.5. The van der Waals surface area contributed by atoms with Crippen LogP contribution in [0.25, 0.3) is 71.5 Å². The van der Waals surface area contributed by atoms with Crippen molar-refractivity contribution in [2.75, 3.05) is 95.9 Å². The van der Waals surface area contributed by atoms with E-state index in [4.69, 9.17) is 11.6 Å². The molecule has 0 aromatic heterocycles. The van der Waals surface area contributed by atoms with Crippen LogP contribution < -0.4 is 86.7 Å². The first-order valence-corrected chi connectivity index (χ1v) is 50.8. The number of hydrogen-bond acceptors (Lipinski definition) is 8. The summed E-state index contributed by atoms with van der Waals surface area (Å²) in [5, 5.41) is 26.3. The summed E-state index contributed by atoms with van der Waals surface area (Å²) in [6.45, 7) is 47.9. The van der Waals surface area contributed by atoms with Crippen molar-refractivity contribution in [1.82, 2.24) is 0 Å². The number of nitrogens with zero attached hydrogens (tertiary/aromatic N) is 6. The standard InChI is InChI=1S/C35H30N2O2.C28H27N.C25H26ClN.2C24H25N.4CH3/c1-25-14-16-26(17-15-25)34(32-23-22-31(36(2)3)24-33(32)35(38)39)27-18-20-30(21-19-27)37(28-10-6-4-7-11-28)29-12-8-5-9-13-29;1-4-29(5-2)25-19-17-24(18-20-25)28(23-15-13-21(3)14-16-23)27-12-8-10-22-9-6-7-11-26(22)27;1-5-27(6-2)23-14-15-24(19(4)16-23)25(20-12-10-18(3)11-13-20)21-8-7-9-22(26)17-21;2*1-4-25(5-2)23-17-15-22(16-18-23)24(20-9-7-6-8-10-20)21-13-11-19(3)12-14-21;;;;/h4-24H,1H2,2-3H3,(H,38,39);6-20H,3-5H2,1-2H3;7-17H,3,5-6H2,1-2,4H3;2*6-18H,3-5H2,1-2H3;4*1H3/q;;;;;4*-1/p-1. The SMILES string of the molecule is C=c1ccc(=C(c2ccc(N(CC)CC)cc2)c2cccc3ccccc23)cc1.C=c1ccc(=C(c2ccc(N(c3ccccc3)c3ccccc3)cc2)c2ccc(N(C)C)cc2C(=O)[O-])cc1.C=c1ccc(=C(c2cccc(Cl)c2)c2ccc(N(CC)CC)cc2C)cc1.C=c1ccc(=C(c2ccccc2)c2ccc(N(CC)CC)cc2)cc1.C=c1ccc(=C(c2ccccc2)c2ccc(N(CC)CC)cc2)cc1.[CH3-].[CH3-].[CH3-].[CH3-]. The van der Waals surface area contributed by atoms with Crippen molar-refractivity contribution in [1.29, 1.82) is 0 Å². The highest BCUT2D eigenvalue weighted by Crippen LogP contribution is 2.38. The van der Waals surface area contributed by atoms with E-state index in [0.29, 0.717) is 5.56 Å². The van der Waals surface area contributed by atoms with Gasteiger partial charge in [-0.05, 0) is 324 Å². The number of para-hydroxylation sites is 2. The number of anilines is 8. The van der Waals surface area contributed by atoms with E-state index in [1.54, 1.807) is 6.07 Å². The zero-order chi connectivity index (χ0) is 102. The Labute approximate surface area is 892 Å². The molecule has 18 aromatic carbocycles. The number of fused-ring (bicyclic) bond motifs is 1. The maximum absolute atomic E-state index is 12.3. The molecule has 8 nitrogen and oxygen atoms in total. The van der Waals surface area contributed by atoms with E-state index in [-0.39, 0.29) is 35.3 Å². The molecule has 18 rings (SSSR count). The zero-order valence-corrected chi connectivity index (χ0v) is 90.5. The number of aryl methyl sites for hydroxylation is 1. The van der Waals surface area contributed by atoms with E-state index in [1.165, 1.54) is 121 Å². The number of rotatable bonds is 27. The second-order valence-electron chi connectivity index (χ2n) is 35.9. The smallest absolute Gasteiger partial charge is 0.0722 e. The summed E-state index contributed by atoms with van der Waals surface area (Å²) < 4.78 is 0. The molecule has 0 atom stereocenters. The molecule has 0 N–H and O–H groups in total. The molecule has 0 amide bonds. The molecule has 0 heterocycles. The number of hydrogen-bond donors (Lipinski definition) is 0. The van der Waals surface area contributed by atoms with Gasteiger partial charge in [-0.2, -0.15) is 0 Å². The lowest BCUT2D eigenvalue weighted by atomic mass is 9.91. The molecule has 0 spiro atoms. The first-order chi connectivity index (χ1) is 70.6. The minimum absolute atomic E-state index is 0. The van der Waals surface area contributed by atoms with Gasteiger partial charge in [0.25, 0.3) is 0 Å². The average molecular weight is 1980 g/mol. The Balaban J connectivity index is 0.000000191. The predicted octanol–water partition coefficient (Wildman–Crippen LogP) is 25.9. The number of benzene rings is 18. The Morgan fingerprint density at radius 2 is 0.510 bits per heavy atom. The summed E-state index contributed by atoms with van der Waals surface area (Å²) in [5.41, 5.74) is 27.4. The number of carbonyl (C=O) groups excluding carboxylic acids is 1. The molecule has 0 saturated carbocycles. The van der Waals surface area contributed by atoms with Crippen LogP contribution in [-0.2, 0) is 0 Å². The fraction of sp³-hybridized carbons (Fsp3) is 0.136. The molecule has 149 heavy (non-hydrogen) atoms. The van der Waals surface area contributed by atoms with E-state index in [2.05, 4.69) is 453 Å². The molecular formula is C140H144ClN6O2-5. The minimum Gasteiger partial charge on any atom is -0.545 e. The van der Waals surface area contributed by atoms with Gasteiger partial charge in [-0.3, -0.25) is 0 Å². The highest BCUT2D eigenvalue weighted by molar-refractivity contribution is 6.30. The molecule has 0 aliphatic heterocycles. The Morgan fingerprint density at radius 3 is 0.859 bits per heavy atom. The molecule has 0 bridgehead atoms. The van der Waals surface area contributed by atoms with Crippen molar-refractivity contribution in [3.8, 4) is 0 Å². The highest BCUT2D eigenvalue weighted by Gasteiger charge is 2.21. The van der Waals surface area contributed by atoms with Gasteiger partial charge in [0.05, 0.1) is 5.97 Å². The van der Waals surface area contributed by atoms with Gasteiger partial charge < -0.3 is 69.0 Å². The van der Waals surface area contributed by atoms with Crippen LogP contribution in [0.5, 0.6) is 0 Å². The third-order valence-corrected chi connectivity index (χ3v) is 26.7. The Kier molecular flexibility index (Phi) is 43.2. The van der Waals surface area contributed by atoms with Crippen molar-refractivity contribution in [3.63, 3.8) is 0 Å². The van der Waals surface area contributed by atoms with Crippen LogP contribution >= 0.6 is 11.6 Å². The molecular weight excluding hydrogens is 1830 g/mol. The molecule has 0 saturated heterocycles. The molecule has 0 fully saturated rings. The maximum Gasteiger partial charge on any atom is 0.0722 e. The topological polar surface area (TPSA) is 59.6 Å². The molecule has 18 aromatic rings. The van der Waals surface area contributed by atoms with Crippen LogP contribution in [0.15, 0.2) is 443 Å². The van der Waals surface area contributed by atoms with E-state index in [0.717, 1.165) is 128 Å². The number of carboxylic acid groups (broad SMARTS) is 1. The van der Waals surface area contributed by atoms with Gasteiger partial charge in [-0.1, -0.05) is 378 Å². The largest absolute Gasteiger partial charge is 0.545 e. The molecule has 0 aliphatic rings. The van der Waals surface area contributed by atoms with Crippen molar-refractivity contribution in [2.45, 2.75) is 62.3 Å². The summed E-state index contributed by atoms with van der Waals surface area (Å²) in [5.74, 6) is -1.21. The van der Waals surface area contributed by atoms with Gasteiger partial charge in [0.15, 0.2) is 0 Å². The molecule has 9 heteroatoms. The van der Waals surface area contributed by atoms with Gasteiger partial charge in [0, 0.05) is 123 Å². The van der Waals surface area contributed by atoms with Gasteiger partial charge >= 0.3 is 0 Å². The number of aromatic carboxylic acids is 1. The van der Waals surface area contributed by atoms with Crippen LogP contribution in [0.2, 0.25) is 5.02 Å². The minimum atomic E-state index is -1.21. The number of carbonyl (C=O) groups is 1. The van der Waals surface area contributed by atoms with Crippen LogP contribution in [0.3, 0.4) is 0 Å². The predicted molar refractivity (Wildman–Crippen MR) is 649 cm³/mol. The summed E-state index contributed by atoms with van der Waals surface area (Å²) in [6, 6.07) is 154. The summed E-state index contributed by atoms with van der Waals surface area (Å²) >= 11 is 6.30. The van der Waals surface area contributed by atoms with Gasteiger partial charge in [0.1, 0.15) is 0 Å². The van der Waals surface area contributed by atoms with E-state index < -0.39 is 5.97 Å². The van der Waals surface area contributed by atoms with Crippen molar-refractivity contribution < 1.29 is 9.90 Å². The molecule has 0 aliphatic carbocycles. The fourth-order valence-electron chi connectivity index (χ4n) is 18.7. The van der Waals surface area contributed by atoms with Gasteiger partial charge in [0.2, 0.25) is 0 Å². The lowest BCUT2D eigenvalue weighted by Gasteiger charge is -2.26. The van der Waals surface area contributed by atoms with Crippen molar-refractivity contribution >= 4 is 135 Å². The Morgan fingerprint density at radius 1 is 0.242 bits per heavy atom. The zero-order valence-electron chi connectivity index (χ0n) is 89.7. The van der Waals surface area contributed by atoms with Crippen LogP contribution in [0.4, 0.5) is 45.5 Å². The van der Waals surface area contributed by atoms with E-state index in [9.17, 15) is 9.90 Å². The number of halogens is 1. The second-order valence-corrected chi connectivity index (χ2v) is 36.4. The van der Waals surface area contributed by atoms with E-state index >= 15 is 0 Å². The third kappa shape index (κ3) is 29.3. The molecule has 0 unspecified atom stereocenters. The lowest BCUT2D eigenvalue weighted by Crippen LogP contribution is -2.25. The quantitative estimate of drug-likeness (QED) is 0.0472. The van der Waals surface area contributed by atoms with Gasteiger partial charge in [-0.25, -0.2) is 0 Å². The van der Waals surface area contributed by atoms with Crippen LogP contribution in [0, 0.1) is 36.6 Å². The van der Waals surface area contributed by atoms with Crippen LogP contribution in [-0.4, -0.2) is 72.4 Å². The average Bonchev–Trinajstić information content (AvgIpc) is 0.785. The normalized spacial score (nSPS) is 10.3. The first-order valence-electron chi connectivity index (χ1n) is 50.4. The monoisotopic (exact) mass is 1980 g/mol. The first kappa shape index (κ1) is 114. The van der Waals surface area contributed by atoms with Gasteiger partial charge in [-0.15, -0.1) is 0 Å². The van der Waals surface area contributed by atoms with Crippen molar-refractivity contribution in [3.05, 3.63) is 597 Å². The molecule has 0 radical (unpaired) electrons.